The Kier molecular flexibility index (Phi) is 5.48. The number of aryl methyl sites for hydroxylation is 1. The number of carbonyl (C=O) groups is 1. The van der Waals surface area contributed by atoms with Crippen molar-refractivity contribution in [3.8, 4) is 11.5 Å². The average molecular weight is 410 g/mol. The minimum absolute atomic E-state index is 0.204. The van der Waals surface area contributed by atoms with Crippen molar-refractivity contribution in [2.45, 2.75) is 6.54 Å². The molecule has 156 valence electrons. The molecule has 1 aromatic carbocycles. The Labute approximate surface area is 172 Å². The van der Waals surface area contributed by atoms with Gasteiger partial charge in [0, 0.05) is 33.3 Å². The molecule has 2 N–H and O–H groups in total. The normalized spacial score (nSPS) is 11.2. The summed E-state index contributed by atoms with van der Waals surface area (Å²) in [7, 11) is 5.24. The predicted molar refractivity (Wildman–Crippen MR) is 111 cm³/mol. The molecular weight excluding hydrogens is 388 g/mol. The molecule has 3 heterocycles. The topological polar surface area (TPSA) is 116 Å². The number of nitrogens with zero attached hydrogens (tertiary/aromatic N) is 4. The van der Waals surface area contributed by atoms with Crippen LogP contribution in [0, 0.1) is 0 Å². The maximum atomic E-state index is 11.7. The number of benzene rings is 1. The van der Waals surface area contributed by atoms with Crippen molar-refractivity contribution in [1.29, 1.82) is 0 Å². The minimum atomic E-state index is -0.498. The first-order chi connectivity index (χ1) is 14.6. The molecular formula is C20H22N6O4. The molecule has 4 rings (SSSR count). The summed E-state index contributed by atoms with van der Waals surface area (Å²) in [6.45, 7) is 0.872. The molecule has 0 aliphatic carbocycles. The van der Waals surface area contributed by atoms with Gasteiger partial charge in [-0.2, -0.15) is 4.98 Å². The molecule has 10 heteroatoms. The van der Waals surface area contributed by atoms with Gasteiger partial charge in [-0.25, -0.2) is 14.8 Å². The maximum Gasteiger partial charge on any atom is 0.407 e. The molecule has 0 bridgehead atoms. The van der Waals surface area contributed by atoms with Gasteiger partial charge in [-0.15, -0.1) is 0 Å². The van der Waals surface area contributed by atoms with Crippen LogP contribution in [-0.4, -0.2) is 53.0 Å². The Morgan fingerprint density at radius 3 is 2.90 bits per heavy atom. The fourth-order valence-corrected chi connectivity index (χ4v) is 3.13. The summed E-state index contributed by atoms with van der Waals surface area (Å²) in [6.07, 6.45) is 1.22. The Morgan fingerprint density at radius 1 is 1.23 bits per heavy atom. The van der Waals surface area contributed by atoms with Gasteiger partial charge in [0.15, 0.2) is 11.3 Å². The molecule has 0 radical (unpaired) electrons. The summed E-state index contributed by atoms with van der Waals surface area (Å²) in [4.78, 5) is 25.3. The summed E-state index contributed by atoms with van der Waals surface area (Å²) in [5, 5.41) is 5.75. The largest absolute Gasteiger partial charge is 0.447 e. The van der Waals surface area contributed by atoms with E-state index in [-0.39, 0.29) is 6.61 Å². The monoisotopic (exact) mass is 410 g/mol. The number of ether oxygens (including phenoxy) is 2. The van der Waals surface area contributed by atoms with Crippen LogP contribution < -0.4 is 10.6 Å². The first-order valence-corrected chi connectivity index (χ1v) is 9.39. The maximum absolute atomic E-state index is 11.7. The number of rotatable bonds is 7. The molecule has 0 aliphatic heterocycles. The number of amides is 1. The van der Waals surface area contributed by atoms with E-state index in [1.54, 1.807) is 20.5 Å². The van der Waals surface area contributed by atoms with E-state index in [1.165, 1.54) is 0 Å². The van der Waals surface area contributed by atoms with Gasteiger partial charge in [0.25, 0.3) is 5.71 Å². The van der Waals surface area contributed by atoms with E-state index in [4.69, 9.17) is 13.9 Å². The van der Waals surface area contributed by atoms with E-state index in [9.17, 15) is 4.79 Å². The molecule has 4 aromatic rings. The van der Waals surface area contributed by atoms with Crippen molar-refractivity contribution in [2.24, 2.45) is 7.05 Å². The zero-order valence-corrected chi connectivity index (χ0v) is 16.9. The van der Waals surface area contributed by atoms with Crippen LogP contribution in [0.25, 0.3) is 33.7 Å². The van der Waals surface area contributed by atoms with Crippen LogP contribution in [0.15, 0.2) is 35.0 Å². The van der Waals surface area contributed by atoms with Crippen LogP contribution in [0.3, 0.4) is 0 Å². The Hall–Kier alpha value is -3.66. The number of carbonyl (C=O) groups excluding carboxylic acids is 1. The highest BCUT2D eigenvalue weighted by atomic mass is 16.6. The van der Waals surface area contributed by atoms with Crippen molar-refractivity contribution in [1.82, 2.24) is 24.8 Å². The van der Waals surface area contributed by atoms with Crippen molar-refractivity contribution in [3.05, 3.63) is 36.2 Å². The molecule has 0 saturated carbocycles. The lowest BCUT2D eigenvalue weighted by Crippen LogP contribution is -2.25. The molecule has 3 aromatic heterocycles. The summed E-state index contributed by atoms with van der Waals surface area (Å²) >= 11 is 0. The van der Waals surface area contributed by atoms with Crippen molar-refractivity contribution in [3.63, 3.8) is 0 Å². The number of fused-ring (bicyclic) bond motifs is 3. The van der Waals surface area contributed by atoms with E-state index in [0.717, 1.165) is 22.2 Å². The first kappa shape index (κ1) is 19.6. The van der Waals surface area contributed by atoms with Gasteiger partial charge in [0.2, 0.25) is 5.89 Å². The van der Waals surface area contributed by atoms with Crippen LogP contribution in [0.1, 0.15) is 5.56 Å². The molecule has 0 aliphatic rings. The molecule has 0 fully saturated rings. The fourth-order valence-electron chi connectivity index (χ4n) is 3.13. The third kappa shape index (κ3) is 3.77. The number of alkyl carbamates (subject to hydrolysis) is 1. The van der Waals surface area contributed by atoms with E-state index < -0.39 is 6.09 Å². The van der Waals surface area contributed by atoms with E-state index >= 15 is 0 Å². The summed E-state index contributed by atoms with van der Waals surface area (Å²) in [5.74, 6) is 1.07. The lowest BCUT2D eigenvalue weighted by atomic mass is 10.1. The van der Waals surface area contributed by atoms with Gasteiger partial charge in [-0.3, -0.25) is 0 Å². The van der Waals surface area contributed by atoms with Crippen molar-refractivity contribution in [2.75, 3.05) is 32.7 Å². The summed E-state index contributed by atoms with van der Waals surface area (Å²) in [6, 6.07) is 7.58. The molecule has 0 spiro atoms. The van der Waals surface area contributed by atoms with Gasteiger partial charge >= 0.3 is 6.09 Å². The second-order valence-electron chi connectivity index (χ2n) is 6.62. The first-order valence-electron chi connectivity index (χ1n) is 9.39. The highest BCUT2D eigenvalue weighted by Gasteiger charge is 2.18. The lowest BCUT2D eigenvalue weighted by molar-refractivity contribution is 0.0983. The van der Waals surface area contributed by atoms with Gasteiger partial charge in [0.05, 0.1) is 12.9 Å². The number of oxazole rings is 1. The van der Waals surface area contributed by atoms with Crippen LogP contribution in [0.4, 0.5) is 10.6 Å². The molecule has 1 amide bonds. The van der Waals surface area contributed by atoms with Crippen LogP contribution in [0.5, 0.6) is 0 Å². The molecule has 0 saturated heterocycles. The molecule has 0 atom stereocenters. The smallest absolute Gasteiger partial charge is 0.407 e. The number of methoxy groups -OCH3 is 1. The SMILES string of the molecule is CNc1nc2oc(-c3cccc(CNC(=O)OCCOC)c3)nc2c2c1ncn2C. The Bertz CT molecular complexity index is 1200. The number of imidazole rings is 1. The van der Waals surface area contributed by atoms with Crippen LogP contribution >= 0.6 is 0 Å². The zero-order chi connectivity index (χ0) is 21.1. The zero-order valence-electron chi connectivity index (χ0n) is 16.9. The predicted octanol–water partition coefficient (Wildman–Crippen LogP) is 2.69. The van der Waals surface area contributed by atoms with Gasteiger partial charge in [-0.05, 0) is 17.7 Å². The van der Waals surface area contributed by atoms with Gasteiger partial charge in [-0.1, -0.05) is 12.1 Å². The number of anilines is 1. The quantitative estimate of drug-likeness (QED) is 0.447. The molecule has 10 nitrogen and oxygen atoms in total. The molecule has 0 unspecified atom stereocenters. The van der Waals surface area contributed by atoms with Crippen LogP contribution in [0.2, 0.25) is 0 Å². The number of hydrogen-bond acceptors (Lipinski definition) is 8. The second kappa shape index (κ2) is 8.37. The number of aromatic nitrogens is 4. The van der Waals surface area contributed by atoms with Crippen molar-refractivity contribution >= 4 is 34.2 Å². The van der Waals surface area contributed by atoms with Crippen LogP contribution in [-0.2, 0) is 23.1 Å². The fraction of sp³-hybridized carbons (Fsp3) is 0.300. The Balaban J connectivity index is 1.60. The van der Waals surface area contributed by atoms with E-state index in [2.05, 4.69) is 25.6 Å². The highest BCUT2D eigenvalue weighted by molar-refractivity contribution is 6.03. The number of nitrogens with one attached hydrogen (secondary N) is 2. The van der Waals surface area contributed by atoms with E-state index in [1.807, 2.05) is 35.9 Å². The Morgan fingerprint density at radius 2 is 2.10 bits per heavy atom. The van der Waals surface area contributed by atoms with Gasteiger partial charge in [0.1, 0.15) is 17.6 Å². The number of pyridine rings is 1. The third-order valence-corrected chi connectivity index (χ3v) is 4.58. The number of hydrogen-bond donors (Lipinski definition) is 2. The van der Waals surface area contributed by atoms with Gasteiger partial charge < -0.3 is 29.1 Å². The highest BCUT2D eigenvalue weighted by Crippen LogP contribution is 2.31. The van der Waals surface area contributed by atoms with Crippen molar-refractivity contribution < 1.29 is 18.7 Å². The standard InChI is InChI=1S/C20H22N6O4/c1-21-17-14-16(26(2)11-23-14)15-19(25-17)30-18(24-15)13-6-4-5-12(9-13)10-22-20(27)29-8-7-28-3/h4-6,9,11H,7-8,10H2,1-3H3,(H,21,25)(H,22,27). The minimum Gasteiger partial charge on any atom is -0.447 e. The average Bonchev–Trinajstić information content (AvgIpc) is 3.35. The second-order valence-corrected chi connectivity index (χ2v) is 6.62. The summed E-state index contributed by atoms with van der Waals surface area (Å²) in [5.41, 5.74) is 4.31. The molecule has 30 heavy (non-hydrogen) atoms. The summed E-state index contributed by atoms with van der Waals surface area (Å²) < 4.78 is 17.7. The van der Waals surface area contributed by atoms with E-state index in [0.29, 0.717) is 36.1 Å². The third-order valence-electron chi connectivity index (χ3n) is 4.58. The lowest BCUT2D eigenvalue weighted by Gasteiger charge is -2.07.